The first-order chi connectivity index (χ1) is 13.4. The number of hydrogen-bond acceptors (Lipinski definition) is 7. The number of nitrogens with zero attached hydrogens (tertiary/aromatic N) is 5. The smallest absolute Gasteiger partial charge is 0.230 e. The Balaban J connectivity index is 1.45. The minimum absolute atomic E-state index is 0.00777. The molecule has 1 aliphatic heterocycles. The number of likely N-dealkylation sites (tertiary alicyclic amines) is 1. The molecule has 0 spiro atoms. The third-order valence-corrected chi connectivity index (χ3v) is 5.76. The van der Waals surface area contributed by atoms with Crippen LogP contribution in [0, 0.1) is 5.95 Å². The summed E-state index contributed by atoms with van der Waals surface area (Å²) in [6.45, 7) is 4.59. The zero-order valence-electron chi connectivity index (χ0n) is 15.8. The number of anilines is 1. The number of ether oxygens (including phenoxy) is 1. The van der Waals surface area contributed by atoms with Gasteiger partial charge in [-0.25, -0.2) is 4.98 Å². The molecule has 0 aliphatic carbocycles. The van der Waals surface area contributed by atoms with Crippen LogP contribution in [0.1, 0.15) is 25.1 Å². The van der Waals surface area contributed by atoms with Gasteiger partial charge >= 0.3 is 0 Å². The van der Waals surface area contributed by atoms with Crippen LogP contribution in [0.5, 0.6) is 5.75 Å². The molecule has 2 atom stereocenters. The lowest BCUT2D eigenvalue weighted by Crippen LogP contribution is -2.28. The van der Waals surface area contributed by atoms with Crippen LogP contribution >= 0.6 is 11.3 Å². The molecule has 1 N–H and O–H groups in total. The summed E-state index contributed by atoms with van der Waals surface area (Å²) in [4.78, 5) is 21.9. The summed E-state index contributed by atoms with van der Waals surface area (Å²) in [5.41, 5.74) is 0.776. The van der Waals surface area contributed by atoms with E-state index in [9.17, 15) is 9.18 Å². The van der Waals surface area contributed by atoms with Crippen molar-refractivity contribution in [3.63, 3.8) is 0 Å². The summed E-state index contributed by atoms with van der Waals surface area (Å²) in [6.07, 6.45) is 4.30. The molecule has 4 heterocycles. The SMILES string of the molecule is CC(=O)Nc1nc(F)c(CN2C[C@H](Oc3ccnc4c3cnn4C)C[C@@H]2C)s1. The van der Waals surface area contributed by atoms with Gasteiger partial charge in [-0.05, 0) is 13.0 Å². The highest BCUT2D eigenvalue weighted by atomic mass is 32.1. The van der Waals surface area contributed by atoms with Gasteiger partial charge in [0.25, 0.3) is 0 Å². The number of thiazole rings is 1. The topological polar surface area (TPSA) is 85.2 Å². The molecule has 1 amide bonds. The molecule has 10 heteroatoms. The van der Waals surface area contributed by atoms with Gasteiger partial charge in [-0.1, -0.05) is 11.3 Å². The molecule has 0 aromatic carbocycles. The fraction of sp³-hybridized carbons (Fsp3) is 0.444. The number of carbonyl (C=O) groups excluding carboxylic acids is 1. The fourth-order valence-corrected chi connectivity index (χ4v) is 4.39. The minimum Gasteiger partial charge on any atom is -0.488 e. The highest BCUT2D eigenvalue weighted by Crippen LogP contribution is 2.30. The van der Waals surface area contributed by atoms with Crippen molar-refractivity contribution in [2.45, 2.75) is 39.0 Å². The maximum Gasteiger partial charge on any atom is 0.230 e. The highest BCUT2D eigenvalue weighted by molar-refractivity contribution is 7.15. The monoisotopic (exact) mass is 404 g/mol. The van der Waals surface area contributed by atoms with Crippen LogP contribution in [0.4, 0.5) is 9.52 Å². The molecule has 148 valence electrons. The number of halogens is 1. The van der Waals surface area contributed by atoms with E-state index < -0.39 is 5.95 Å². The summed E-state index contributed by atoms with van der Waals surface area (Å²) >= 11 is 1.17. The second kappa shape index (κ2) is 7.44. The Morgan fingerprint density at radius 1 is 1.50 bits per heavy atom. The number of nitrogens with one attached hydrogen (secondary N) is 1. The summed E-state index contributed by atoms with van der Waals surface area (Å²) in [5.74, 6) is -0.0343. The van der Waals surface area contributed by atoms with Crippen LogP contribution in [0.15, 0.2) is 18.5 Å². The molecule has 3 aromatic heterocycles. The van der Waals surface area contributed by atoms with Crippen LogP contribution in [0.2, 0.25) is 0 Å². The lowest BCUT2D eigenvalue weighted by Gasteiger charge is -2.19. The Morgan fingerprint density at radius 2 is 2.32 bits per heavy atom. The number of aryl methyl sites for hydroxylation is 1. The molecule has 0 unspecified atom stereocenters. The maximum atomic E-state index is 14.1. The number of aromatic nitrogens is 4. The van der Waals surface area contributed by atoms with Gasteiger partial charge in [-0.2, -0.15) is 14.5 Å². The molecule has 28 heavy (non-hydrogen) atoms. The first kappa shape index (κ1) is 18.8. The lowest BCUT2D eigenvalue weighted by atomic mass is 10.2. The minimum atomic E-state index is -0.531. The van der Waals surface area contributed by atoms with Gasteiger partial charge in [0, 0.05) is 45.7 Å². The van der Waals surface area contributed by atoms with Crippen molar-refractivity contribution >= 4 is 33.4 Å². The van der Waals surface area contributed by atoms with Crippen LogP contribution < -0.4 is 10.1 Å². The molecule has 3 aromatic rings. The van der Waals surface area contributed by atoms with E-state index in [2.05, 4.69) is 32.2 Å². The van der Waals surface area contributed by atoms with Gasteiger partial charge in [0.15, 0.2) is 10.8 Å². The maximum absolute atomic E-state index is 14.1. The van der Waals surface area contributed by atoms with E-state index in [1.807, 2.05) is 13.1 Å². The fourth-order valence-electron chi connectivity index (χ4n) is 3.48. The third kappa shape index (κ3) is 3.69. The van der Waals surface area contributed by atoms with Crippen molar-refractivity contribution in [1.29, 1.82) is 0 Å². The van der Waals surface area contributed by atoms with Crippen molar-refractivity contribution in [3.05, 3.63) is 29.3 Å². The van der Waals surface area contributed by atoms with Crippen molar-refractivity contribution in [3.8, 4) is 5.75 Å². The predicted molar refractivity (Wildman–Crippen MR) is 104 cm³/mol. The molecule has 1 fully saturated rings. The van der Waals surface area contributed by atoms with Crippen molar-refractivity contribution in [2.24, 2.45) is 7.05 Å². The lowest BCUT2D eigenvalue weighted by molar-refractivity contribution is -0.114. The molecule has 8 nitrogen and oxygen atoms in total. The summed E-state index contributed by atoms with van der Waals surface area (Å²) in [5, 5.41) is 7.94. The summed E-state index contributed by atoms with van der Waals surface area (Å²) < 4.78 is 22.1. The van der Waals surface area contributed by atoms with Crippen LogP contribution in [0.3, 0.4) is 0 Å². The second-order valence-corrected chi connectivity index (χ2v) is 8.07. The Labute approximate surface area is 165 Å². The van der Waals surface area contributed by atoms with E-state index in [0.717, 1.165) is 23.2 Å². The average Bonchev–Trinajstić information content (AvgIpc) is 3.27. The molecule has 1 aliphatic rings. The number of hydrogen-bond donors (Lipinski definition) is 1. The second-order valence-electron chi connectivity index (χ2n) is 6.98. The number of carbonyl (C=O) groups is 1. The van der Waals surface area contributed by atoms with Crippen LogP contribution in [0.25, 0.3) is 11.0 Å². The molecular weight excluding hydrogens is 383 g/mol. The highest BCUT2D eigenvalue weighted by Gasteiger charge is 2.32. The van der Waals surface area contributed by atoms with Crippen molar-refractivity contribution in [2.75, 3.05) is 11.9 Å². The van der Waals surface area contributed by atoms with E-state index in [-0.39, 0.29) is 23.2 Å². The molecule has 0 radical (unpaired) electrons. The van der Waals surface area contributed by atoms with Gasteiger partial charge in [-0.15, -0.1) is 0 Å². The van der Waals surface area contributed by atoms with Crippen molar-refractivity contribution in [1.82, 2.24) is 24.6 Å². The van der Waals surface area contributed by atoms with Crippen LogP contribution in [-0.4, -0.2) is 49.2 Å². The molecular formula is C18H21FN6O2S. The van der Waals surface area contributed by atoms with Gasteiger partial charge in [0.1, 0.15) is 11.9 Å². The number of pyridine rings is 1. The Kier molecular flexibility index (Phi) is 4.98. The zero-order valence-corrected chi connectivity index (χ0v) is 16.7. The van der Waals surface area contributed by atoms with Crippen LogP contribution in [-0.2, 0) is 18.4 Å². The first-order valence-electron chi connectivity index (χ1n) is 9.01. The molecule has 1 saturated heterocycles. The number of fused-ring (bicyclic) bond motifs is 1. The van der Waals surface area contributed by atoms with E-state index in [1.165, 1.54) is 18.3 Å². The van der Waals surface area contributed by atoms with Gasteiger partial charge in [0.2, 0.25) is 11.9 Å². The molecule has 4 rings (SSSR count). The normalized spacial score (nSPS) is 20.0. The number of amides is 1. The number of rotatable bonds is 5. The third-order valence-electron chi connectivity index (χ3n) is 4.83. The standard InChI is InChI=1S/C18H21FN6O2S/c1-10-6-12(27-14-4-5-20-17-13(14)7-21-24(17)3)8-25(10)9-15-16(19)23-18(28-15)22-11(2)26/h4-5,7,10,12H,6,8-9H2,1-3H3,(H,22,23,26)/t10-,12+/m0/s1. The quantitative estimate of drug-likeness (QED) is 0.704. The average molecular weight is 404 g/mol. The summed E-state index contributed by atoms with van der Waals surface area (Å²) in [7, 11) is 1.84. The first-order valence-corrected chi connectivity index (χ1v) is 9.82. The molecule has 0 bridgehead atoms. The Bertz CT molecular complexity index is 1020. The largest absolute Gasteiger partial charge is 0.488 e. The van der Waals surface area contributed by atoms with E-state index in [4.69, 9.17) is 4.74 Å². The van der Waals surface area contributed by atoms with Gasteiger partial charge in [0.05, 0.1) is 16.5 Å². The molecule has 0 saturated carbocycles. The Hall–Kier alpha value is -2.59. The van der Waals surface area contributed by atoms with E-state index in [0.29, 0.717) is 18.0 Å². The van der Waals surface area contributed by atoms with Crippen molar-refractivity contribution < 1.29 is 13.9 Å². The zero-order chi connectivity index (χ0) is 19.8. The Morgan fingerprint density at radius 3 is 3.11 bits per heavy atom. The summed E-state index contributed by atoms with van der Waals surface area (Å²) in [6, 6.07) is 2.09. The van der Waals surface area contributed by atoms with Gasteiger partial charge < -0.3 is 10.1 Å². The van der Waals surface area contributed by atoms with E-state index >= 15 is 0 Å². The van der Waals surface area contributed by atoms with E-state index in [1.54, 1.807) is 17.1 Å². The van der Waals surface area contributed by atoms with Gasteiger partial charge in [-0.3, -0.25) is 14.4 Å². The predicted octanol–water partition coefficient (Wildman–Crippen LogP) is 2.56.